The first-order chi connectivity index (χ1) is 11.5. The molecule has 0 radical (unpaired) electrons. The maximum absolute atomic E-state index is 11.9. The van der Waals surface area contributed by atoms with Crippen LogP contribution in [0.3, 0.4) is 0 Å². The Labute approximate surface area is 142 Å². The summed E-state index contributed by atoms with van der Waals surface area (Å²) < 4.78 is 15.3. The van der Waals surface area contributed by atoms with Gasteiger partial charge in [-0.1, -0.05) is 11.6 Å². The van der Waals surface area contributed by atoms with Gasteiger partial charge in [-0.05, 0) is 30.3 Å². The quantitative estimate of drug-likeness (QED) is 0.650. The van der Waals surface area contributed by atoms with Crippen molar-refractivity contribution >= 4 is 34.9 Å². The molecule has 8 heteroatoms. The van der Waals surface area contributed by atoms with Gasteiger partial charge in [0.25, 0.3) is 5.91 Å². The first-order valence-corrected chi connectivity index (χ1v) is 7.32. The van der Waals surface area contributed by atoms with Crippen molar-refractivity contribution in [3.63, 3.8) is 0 Å². The van der Waals surface area contributed by atoms with Gasteiger partial charge in [0.1, 0.15) is 0 Å². The van der Waals surface area contributed by atoms with E-state index in [4.69, 9.17) is 31.5 Å². The van der Waals surface area contributed by atoms with Crippen LogP contribution in [0.5, 0.6) is 11.5 Å². The van der Waals surface area contributed by atoms with Crippen LogP contribution in [0.1, 0.15) is 10.4 Å². The Balaban J connectivity index is 1.56. The zero-order valence-corrected chi connectivity index (χ0v) is 13.1. The molecule has 1 heterocycles. The summed E-state index contributed by atoms with van der Waals surface area (Å²) in [5.41, 5.74) is 6.53. The fourth-order valence-electron chi connectivity index (χ4n) is 2.10. The van der Waals surface area contributed by atoms with Gasteiger partial charge < -0.3 is 25.3 Å². The van der Waals surface area contributed by atoms with E-state index in [9.17, 15) is 9.59 Å². The average molecular weight is 349 g/mol. The third-order valence-corrected chi connectivity index (χ3v) is 3.46. The lowest BCUT2D eigenvalue weighted by Gasteiger charge is -2.08. The summed E-state index contributed by atoms with van der Waals surface area (Å²) in [4.78, 5) is 23.8. The highest BCUT2D eigenvalue weighted by Gasteiger charge is 2.16. The number of hydrogen-bond acceptors (Lipinski definition) is 6. The summed E-state index contributed by atoms with van der Waals surface area (Å²) in [6.45, 7) is -0.303. The number of carbonyl (C=O) groups is 2. The second-order valence-corrected chi connectivity index (χ2v) is 5.36. The monoisotopic (exact) mass is 348 g/mol. The van der Waals surface area contributed by atoms with E-state index in [1.165, 1.54) is 18.2 Å². The highest BCUT2D eigenvalue weighted by molar-refractivity contribution is 6.31. The molecule has 7 nitrogen and oxygen atoms in total. The number of amides is 1. The van der Waals surface area contributed by atoms with Gasteiger partial charge in [0.15, 0.2) is 18.1 Å². The predicted molar refractivity (Wildman–Crippen MR) is 87.3 cm³/mol. The smallest absolute Gasteiger partial charge is 0.340 e. The minimum Gasteiger partial charge on any atom is -0.454 e. The molecular formula is C16H13ClN2O5. The summed E-state index contributed by atoms with van der Waals surface area (Å²) in [6.07, 6.45) is 0. The number of benzene rings is 2. The maximum atomic E-state index is 11.9. The molecule has 0 aromatic heterocycles. The number of carbonyl (C=O) groups excluding carboxylic acids is 2. The SMILES string of the molecule is Nc1cc(Cl)ccc1C(=O)OCC(=O)Nc1ccc2c(c1)OCO2. The van der Waals surface area contributed by atoms with Gasteiger partial charge >= 0.3 is 5.97 Å². The van der Waals surface area contributed by atoms with Crippen molar-refractivity contribution < 1.29 is 23.8 Å². The van der Waals surface area contributed by atoms with Crippen LogP contribution in [-0.4, -0.2) is 25.3 Å². The molecule has 1 aliphatic heterocycles. The molecule has 1 amide bonds. The molecule has 0 fully saturated rings. The van der Waals surface area contributed by atoms with Crippen LogP contribution in [-0.2, 0) is 9.53 Å². The topological polar surface area (TPSA) is 99.9 Å². The summed E-state index contributed by atoms with van der Waals surface area (Å²) in [5.74, 6) is -0.0453. The second-order valence-electron chi connectivity index (χ2n) is 4.92. The summed E-state index contributed by atoms with van der Waals surface area (Å²) >= 11 is 5.76. The molecule has 0 unspecified atom stereocenters. The number of fused-ring (bicyclic) bond motifs is 1. The second kappa shape index (κ2) is 6.67. The minimum atomic E-state index is -0.704. The Morgan fingerprint density at radius 2 is 1.96 bits per heavy atom. The number of rotatable bonds is 4. The molecule has 0 spiro atoms. The van der Waals surface area contributed by atoms with E-state index in [-0.39, 0.29) is 18.0 Å². The molecule has 0 atom stereocenters. The van der Waals surface area contributed by atoms with Crippen LogP contribution >= 0.6 is 11.6 Å². The van der Waals surface area contributed by atoms with Gasteiger partial charge in [-0.2, -0.15) is 0 Å². The molecule has 0 bridgehead atoms. The normalized spacial score (nSPS) is 11.9. The van der Waals surface area contributed by atoms with Gasteiger partial charge in [0.05, 0.1) is 5.56 Å². The number of nitrogen functional groups attached to an aromatic ring is 1. The van der Waals surface area contributed by atoms with E-state index in [1.807, 2.05) is 0 Å². The van der Waals surface area contributed by atoms with Gasteiger partial charge in [0, 0.05) is 22.5 Å². The van der Waals surface area contributed by atoms with Crippen LogP contribution < -0.4 is 20.5 Å². The van der Waals surface area contributed by atoms with Crippen LogP contribution in [0.25, 0.3) is 0 Å². The lowest BCUT2D eigenvalue weighted by atomic mass is 10.2. The van der Waals surface area contributed by atoms with Crippen molar-refractivity contribution in [3.05, 3.63) is 47.0 Å². The molecule has 24 heavy (non-hydrogen) atoms. The van der Waals surface area contributed by atoms with Crippen molar-refractivity contribution in [2.45, 2.75) is 0 Å². The number of hydrogen-bond donors (Lipinski definition) is 2. The van der Waals surface area contributed by atoms with Crippen LogP contribution in [0.15, 0.2) is 36.4 Å². The first-order valence-electron chi connectivity index (χ1n) is 6.94. The minimum absolute atomic E-state index is 0.146. The molecule has 3 rings (SSSR count). The summed E-state index contributed by atoms with van der Waals surface area (Å²) in [6, 6.07) is 9.35. The number of esters is 1. The molecule has 0 saturated carbocycles. The average Bonchev–Trinajstić information content (AvgIpc) is 3.00. The molecule has 0 saturated heterocycles. The predicted octanol–water partition coefficient (Wildman–Crippen LogP) is 2.45. The van der Waals surface area contributed by atoms with Crippen molar-refractivity contribution in [2.75, 3.05) is 24.5 Å². The fraction of sp³-hybridized carbons (Fsp3) is 0.125. The fourth-order valence-corrected chi connectivity index (χ4v) is 2.28. The largest absolute Gasteiger partial charge is 0.454 e. The van der Waals surface area contributed by atoms with Crippen LogP contribution in [0, 0.1) is 0 Å². The first kappa shape index (κ1) is 15.9. The molecule has 1 aliphatic rings. The van der Waals surface area contributed by atoms with Crippen molar-refractivity contribution in [1.29, 1.82) is 0 Å². The maximum Gasteiger partial charge on any atom is 0.340 e. The zero-order valence-electron chi connectivity index (χ0n) is 12.4. The van der Waals surface area contributed by atoms with Gasteiger partial charge in [-0.3, -0.25) is 4.79 Å². The van der Waals surface area contributed by atoms with Gasteiger partial charge in [0.2, 0.25) is 6.79 Å². The zero-order chi connectivity index (χ0) is 17.1. The Morgan fingerprint density at radius 1 is 1.17 bits per heavy atom. The molecule has 124 valence electrons. The molecule has 2 aromatic rings. The van der Waals surface area contributed by atoms with Gasteiger partial charge in [-0.25, -0.2) is 4.79 Å². The summed E-state index contributed by atoms with van der Waals surface area (Å²) in [7, 11) is 0. The van der Waals surface area contributed by atoms with Crippen molar-refractivity contribution in [3.8, 4) is 11.5 Å². The number of ether oxygens (including phenoxy) is 3. The van der Waals surface area contributed by atoms with Crippen molar-refractivity contribution in [1.82, 2.24) is 0 Å². The number of halogens is 1. The van der Waals surface area contributed by atoms with E-state index in [0.717, 1.165) is 0 Å². The Kier molecular flexibility index (Phi) is 4.43. The van der Waals surface area contributed by atoms with E-state index < -0.39 is 18.5 Å². The Morgan fingerprint density at radius 3 is 2.75 bits per heavy atom. The highest BCUT2D eigenvalue weighted by atomic mass is 35.5. The van der Waals surface area contributed by atoms with E-state index >= 15 is 0 Å². The van der Waals surface area contributed by atoms with Gasteiger partial charge in [-0.15, -0.1) is 0 Å². The summed E-state index contributed by atoms with van der Waals surface area (Å²) in [5, 5.41) is 3.01. The highest BCUT2D eigenvalue weighted by Crippen LogP contribution is 2.34. The van der Waals surface area contributed by atoms with E-state index in [1.54, 1.807) is 18.2 Å². The third-order valence-electron chi connectivity index (χ3n) is 3.22. The van der Waals surface area contributed by atoms with E-state index in [0.29, 0.717) is 22.2 Å². The number of nitrogens with one attached hydrogen (secondary N) is 1. The van der Waals surface area contributed by atoms with E-state index in [2.05, 4.69) is 5.32 Å². The molecular weight excluding hydrogens is 336 g/mol. The lowest BCUT2D eigenvalue weighted by Crippen LogP contribution is -2.21. The van der Waals surface area contributed by atoms with Crippen LogP contribution in [0.2, 0.25) is 5.02 Å². The molecule has 3 N–H and O–H groups in total. The standard InChI is InChI=1S/C16H13ClN2O5/c17-9-1-3-11(12(18)5-9)16(21)22-7-15(20)19-10-2-4-13-14(6-10)24-8-23-13/h1-6H,7-8,18H2,(H,19,20). The molecule has 2 aromatic carbocycles. The van der Waals surface area contributed by atoms with Crippen LogP contribution in [0.4, 0.5) is 11.4 Å². The van der Waals surface area contributed by atoms with Crippen molar-refractivity contribution in [2.24, 2.45) is 0 Å². The number of nitrogens with two attached hydrogens (primary N) is 1. The number of anilines is 2. The lowest BCUT2D eigenvalue weighted by molar-refractivity contribution is -0.119. The Bertz CT molecular complexity index is 809. The third kappa shape index (κ3) is 3.52. The molecule has 0 aliphatic carbocycles. The Hall–Kier alpha value is -2.93.